The van der Waals surface area contributed by atoms with E-state index in [1.165, 1.54) is 36.3 Å². The molecule has 0 aromatic heterocycles. The number of amides is 4. The van der Waals surface area contributed by atoms with Gasteiger partial charge >= 0.3 is 6.03 Å². The van der Waals surface area contributed by atoms with Gasteiger partial charge in [-0.2, -0.15) is 0 Å². The molecule has 0 saturated carbocycles. The van der Waals surface area contributed by atoms with Gasteiger partial charge in [-0.3, -0.25) is 9.59 Å². The summed E-state index contributed by atoms with van der Waals surface area (Å²) in [4.78, 5) is 41.6. The Hall–Kier alpha value is -4.20. The molecule has 3 aromatic carbocycles. The van der Waals surface area contributed by atoms with Gasteiger partial charge in [-0.05, 0) is 54.1 Å². The van der Waals surface area contributed by atoms with Crippen LogP contribution in [0.4, 0.5) is 20.6 Å². The molecule has 0 radical (unpaired) electrons. The molecular formula is C25H22FN3O4. The van der Waals surface area contributed by atoms with Crippen LogP contribution in [-0.4, -0.2) is 35.9 Å². The number of benzene rings is 3. The van der Waals surface area contributed by atoms with E-state index in [2.05, 4.69) is 5.32 Å². The van der Waals surface area contributed by atoms with Gasteiger partial charge in [-0.1, -0.05) is 30.3 Å². The van der Waals surface area contributed by atoms with Crippen LogP contribution in [0.15, 0.2) is 78.9 Å². The minimum Gasteiger partial charge on any atom is -0.497 e. The summed E-state index contributed by atoms with van der Waals surface area (Å²) >= 11 is 0. The molecule has 0 bridgehead atoms. The summed E-state index contributed by atoms with van der Waals surface area (Å²) in [5.74, 6) is -0.814. The number of nitrogens with zero attached hydrogens (tertiary/aromatic N) is 2. The van der Waals surface area contributed by atoms with Crippen LogP contribution in [0.1, 0.15) is 12.0 Å². The molecule has 7 nitrogen and oxygen atoms in total. The van der Waals surface area contributed by atoms with Gasteiger partial charge < -0.3 is 15.0 Å². The zero-order valence-electron chi connectivity index (χ0n) is 17.9. The van der Waals surface area contributed by atoms with Crippen LogP contribution in [0, 0.1) is 5.82 Å². The zero-order chi connectivity index (χ0) is 23.4. The highest BCUT2D eigenvalue weighted by Crippen LogP contribution is 2.29. The number of para-hydroxylation sites is 1. The Morgan fingerprint density at radius 1 is 1.00 bits per heavy atom. The lowest BCUT2D eigenvalue weighted by Gasteiger charge is -2.22. The average molecular weight is 447 g/mol. The van der Waals surface area contributed by atoms with E-state index in [0.29, 0.717) is 11.4 Å². The smallest absolute Gasteiger partial charge is 0.332 e. The largest absolute Gasteiger partial charge is 0.497 e. The van der Waals surface area contributed by atoms with Gasteiger partial charge in [-0.15, -0.1) is 0 Å². The molecule has 1 aliphatic rings. The van der Waals surface area contributed by atoms with Gasteiger partial charge in [0.25, 0.3) is 5.91 Å². The van der Waals surface area contributed by atoms with E-state index in [-0.39, 0.29) is 18.7 Å². The Morgan fingerprint density at radius 2 is 1.73 bits per heavy atom. The van der Waals surface area contributed by atoms with Crippen LogP contribution in [0.3, 0.4) is 0 Å². The molecule has 1 atom stereocenters. The SMILES string of the molecule is COc1cccc(CN2C(=O)N(c3ccc(F)cc3)C(=O)[C@H]2CC(=O)Nc2ccccc2)c1. The lowest BCUT2D eigenvalue weighted by atomic mass is 10.1. The van der Waals surface area contributed by atoms with Gasteiger partial charge in [0.2, 0.25) is 5.91 Å². The second-order valence-corrected chi connectivity index (χ2v) is 7.55. The lowest BCUT2D eigenvalue weighted by molar-refractivity contribution is -0.124. The van der Waals surface area contributed by atoms with Crippen molar-refractivity contribution in [1.82, 2.24) is 4.90 Å². The first-order chi connectivity index (χ1) is 16.0. The normalized spacial score (nSPS) is 15.6. The van der Waals surface area contributed by atoms with Crippen LogP contribution in [0.5, 0.6) is 5.75 Å². The van der Waals surface area contributed by atoms with Gasteiger partial charge in [0.1, 0.15) is 17.6 Å². The number of nitrogens with one attached hydrogen (secondary N) is 1. The van der Waals surface area contributed by atoms with Crippen molar-refractivity contribution in [2.24, 2.45) is 0 Å². The number of ether oxygens (including phenoxy) is 1. The summed E-state index contributed by atoms with van der Waals surface area (Å²) in [7, 11) is 1.54. The molecule has 1 saturated heterocycles. The third-order valence-corrected chi connectivity index (χ3v) is 5.33. The second-order valence-electron chi connectivity index (χ2n) is 7.55. The van der Waals surface area contributed by atoms with Crippen LogP contribution in [0.2, 0.25) is 0 Å². The Kier molecular flexibility index (Phi) is 6.35. The molecule has 8 heteroatoms. The summed E-state index contributed by atoms with van der Waals surface area (Å²) in [6.45, 7) is 0.1000. The molecule has 0 spiro atoms. The van der Waals surface area contributed by atoms with Gasteiger partial charge in [0.15, 0.2) is 0 Å². The monoisotopic (exact) mass is 447 g/mol. The van der Waals surface area contributed by atoms with E-state index in [4.69, 9.17) is 4.74 Å². The molecule has 3 aromatic rings. The van der Waals surface area contributed by atoms with Gasteiger partial charge in [0, 0.05) is 12.2 Å². The Bertz CT molecular complexity index is 1170. The highest BCUT2D eigenvalue weighted by atomic mass is 19.1. The predicted octanol–water partition coefficient (Wildman–Crippen LogP) is 4.20. The maximum atomic E-state index is 13.4. The third kappa shape index (κ3) is 4.85. The minimum atomic E-state index is -1.02. The average Bonchev–Trinajstić information content (AvgIpc) is 3.04. The molecule has 1 N–H and O–H groups in total. The number of halogens is 1. The summed E-state index contributed by atoms with van der Waals surface area (Å²) < 4.78 is 18.6. The fraction of sp³-hybridized carbons (Fsp3) is 0.160. The molecule has 1 aliphatic heterocycles. The maximum absolute atomic E-state index is 13.4. The summed E-state index contributed by atoms with van der Waals surface area (Å²) in [5.41, 5.74) is 1.58. The van der Waals surface area contributed by atoms with Crippen LogP contribution >= 0.6 is 0 Å². The Balaban J connectivity index is 1.62. The lowest BCUT2D eigenvalue weighted by Crippen LogP contribution is -2.37. The predicted molar refractivity (Wildman–Crippen MR) is 121 cm³/mol. The number of hydrogen-bond donors (Lipinski definition) is 1. The number of rotatable bonds is 7. The van der Waals surface area contributed by atoms with E-state index in [1.807, 2.05) is 12.1 Å². The Labute approximate surface area is 190 Å². The Morgan fingerprint density at radius 3 is 2.42 bits per heavy atom. The van der Waals surface area contributed by atoms with E-state index >= 15 is 0 Å². The summed E-state index contributed by atoms with van der Waals surface area (Å²) in [6, 6.07) is 19.5. The molecule has 1 heterocycles. The third-order valence-electron chi connectivity index (χ3n) is 5.33. The highest BCUT2D eigenvalue weighted by Gasteiger charge is 2.46. The molecule has 168 valence electrons. The molecule has 4 amide bonds. The summed E-state index contributed by atoms with van der Waals surface area (Å²) in [6.07, 6.45) is -0.221. The van der Waals surface area contributed by atoms with E-state index < -0.39 is 29.7 Å². The molecule has 0 aliphatic carbocycles. The fourth-order valence-corrected chi connectivity index (χ4v) is 3.72. The van der Waals surface area contributed by atoms with Crippen molar-refractivity contribution in [2.75, 3.05) is 17.3 Å². The number of methoxy groups -OCH3 is 1. The van der Waals surface area contributed by atoms with Crippen molar-refractivity contribution in [2.45, 2.75) is 19.0 Å². The maximum Gasteiger partial charge on any atom is 0.332 e. The first-order valence-corrected chi connectivity index (χ1v) is 10.3. The molecule has 1 fully saturated rings. The van der Waals surface area contributed by atoms with E-state index in [0.717, 1.165) is 10.5 Å². The van der Waals surface area contributed by atoms with Crippen molar-refractivity contribution in [3.05, 3.63) is 90.2 Å². The van der Waals surface area contributed by atoms with Crippen LogP contribution < -0.4 is 15.0 Å². The topological polar surface area (TPSA) is 79.0 Å². The molecule has 33 heavy (non-hydrogen) atoms. The van der Waals surface area contributed by atoms with Crippen molar-refractivity contribution in [3.63, 3.8) is 0 Å². The number of carbonyl (C=O) groups excluding carboxylic acids is 3. The standard InChI is InChI=1S/C25H22FN3O4/c1-33-21-9-5-6-17(14-21)16-28-22(15-23(30)27-19-7-3-2-4-8-19)24(31)29(25(28)32)20-12-10-18(26)11-13-20/h2-14,22H,15-16H2,1H3,(H,27,30)/t22-/m1/s1. The van der Waals surface area contributed by atoms with E-state index in [9.17, 15) is 18.8 Å². The fourth-order valence-electron chi connectivity index (χ4n) is 3.72. The quantitative estimate of drug-likeness (QED) is 0.551. The van der Waals surface area contributed by atoms with Gasteiger partial charge in [0.05, 0.1) is 19.2 Å². The van der Waals surface area contributed by atoms with Crippen LogP contribution in [0.25, 0.3) is 0 Å². The van der Waals surface area contributed by atoms with Crippen LogP contribution in [-0.2, 0) is 16.1 Å². The molecule has 4 rings (SSSR count). The number of carbonyl (C=O) groups is 3. The number of hydrogen-bond acceptors (Lipinski definition) is 4. The summed E-state index contributed by atoms with van der Waals surface area (Å²) in [5, 5.41) is 2.75. The van der Waals surface area contributed by atoms with Crippen molar-refractivity contribution < 1.29 is 23.5 Å². The first-order valence-electron chi connectivity index (χ1n) is 10.3. The number of urea groups is 1. The first kappa shape index (κ1) is 22.0. The number of anilines is 2. The second kappa shape index (κ2) is 9.52. The molecular weight excluding hydrogens is 425 g/mol. The van der Waals surface area contributed by atoms with Crippen molar-refractivity contribution in [3.8, 4) is 5.75 Å². The molecule has 0 unspecified atom stereocenters. The minimum absolute atomic E-state index is 0.1000. The van der Waals surface area contributed by atoms with E-state index in [1.54, 1.807) is 42.5 Å². The van der Waals surface area contributed by atoms with Crippen molar-refractivity contribution in [1.29, 1.82) is 0 Å². The van der Waals surface area contributed by atoms with Crippen molar-refractivity contribution >= 4 is 29.2 Å². The number of imide groups is 1. The van der Waals surface area contributed by atoms with Gasteiger partial charge in [-0.25, -0.2) is 14.1 Å². The highest BCUT2D eigenvalue weighted by molar-refractivity contribution is 6.22. The zero-order valence-corrected chi connectivity index (χ0v) is 17.9.